The molecule has 2 amide bonds. The third kappa shape index (κ3) is 6.95. The highest BCUT2D eigenvalue weighted by Gasteiger charge is 2.33. The summed E-state index contributed by atoms with van der Waals surface area (Å²) < 4.78 is 16.4. The molecule has 3 N–H and O–H groups in total. The van der Waals surface area contributed by atoms with Gasteiger partial charge in [-0.05, 0) is 34.2 Å². The van der Waals surface area contributed by atoms with E-state index in [4.69, 9.17) is 14.2 Å². The molecule has 1 heterocycles. The van der Waals surface area contributed by atoms with Crippen LogP contribution in [0.3, 0.4) is 0 Å². The Kier molecular flexibility index (Phi) is 9.13. The number of nitrogens with one attached hydrogen (secondary N) is 2. The van der Waals surface area contributed by atoms with Crippen LogP contribution in [0.15, 0.2) is 78.9 Å². The van der Waals surface area contributed by atoms with E-state index in [0.29, 0.717) is 0 Å². The number of carboxylic acids is 1. The quantitative estimate of drug-likeness (QED) is 0.296. The molecule has 5 rings (SSSR count). The highest BCUT2D eigenvalue weighted by molar-refractivity contribution is 5.89. The minimum atomic E-state index is -1.28. The Hall–Kier alpha value is -4.70. The van der Waals surface area contributed by atoms with E-state index in [0.717, 1.165) is 27.8 Å². The Morgan fingerprint density at radius 1 is 0.881 bits per heavy atom. The Labute approximate surface area is 243 Å². The number of carbonyl (C=O) groups excluding carboxylic acids is 3. The van der Waals surface area contributed by atoms with Crippen LogP contribution in [0.1, 0.15) is 35.4 Å². The van der Waals surface area contributed by atoms with Gasteiger partial charge >= 0.3 is 18.0 Å². The molecular weight excluding hydrogens is 540 g/mol. The molecule has 3 aromatic rings. The maximum absolute atomic E-state index is 13.1. The van der Waals surface area contributed by atoms with Crippen LogP contribution in [0.4, 0.5) is 4.79 Å². The molecule has 1 saturated heterocycles. The van der Waals surface area contributed by atoms with E-state index in [1.807, 2.05) is 66.7 Å². The Bertz CT molecular complexity index is 1400. The number of carbonyl (C=O) groups is 4. The van der Waals surface area contributed by atoms with Gasteiger partial charge in [0.15, 0.2) is 0 Å². The molecule has 10 heteroatoms. The van der Waals surface area contributed by atoms with Crippen molar-refractivity contribution in [3.8, 4) is 11.1 Å². The van der Waals surface area contributed by atoms with Crippen LogP contribution in [-0.4, -0.2) is 60.9 Å². The highest BCUT2D eigenvalue weighted by Crippen LogP contribution is 2.44. The fourth-order valence-electron chi connectivity index (χ4n) is 5.31. The van der Waals surface area contributed by atoms with Crippen LogP contribution in [0.25, 0.3) is 11.1 Å². The van der Waals surface area contributed by atoms with Gasteiger partial charge in [0.25, 0.3) is 0 Å². The topological polar surface area (TPSA) is 140 Å². The second-order valence-corrected chi connectivity index (χ2v) is 10.3. The fourth-order valence-corrected chi connectivity index (χ4v) is 5.31. The lowest BCUT2D eigenvalue weighted by atomic mass is 9.98. The van der Waals surface area contributed by atoms with E-state index in [1.165, 1.54) is 0 Å². The van der Waals surface area contributed by atoms with Crippen molar-refractivity contribution in [3.63, 3.8) is 0 Å². The zero-order chi connectivity index (χ0) is 29.5. The summed E-state index contributed by atoms with van der Waals surface area (Å²) in [5.41, 5.74) is 5.03. The normalized spacial score (nSPS) is 17.9. The summed E-state index contributed by atoms with van der Waals surface area (Å²) in [4.78, 5) is 49.9. The van der Waals surface area contributed by atoms with Crippen molar-refractivity contribution in [1.29, 1.82) is 0 Å². The second-order valence-electron chi connectivity index (χ2n) is 10.3. The predicted octanol–water partition coefficient (Wildman–Crippen LogP) is 3.63. The minimum absolute atomic E-state index is 0.0193. The van der Waals surface area contributed by atoms with E-state index < -0.39 is 48.4 Å². The van der Waals surface area contributed by atoms with Crippen LogP contribution in [0, 0.1) is 5.92 Å². The van der Waals surface area contributed by atoms with Crippen molar-refractivity contribution in [2.24, 2.45) is 5.92 Å². The first kappa shape index (κ1) is 28.8. The van der Waals surface area contributed by atoms with Crippen LogP contribution >= 0.6 is 0 Å². The largest absolute Gasteiger partial charge is 0.481 e. The summed E-state index contributed by atoms with van der Waals surface area (Å²) in [6, 6.07) is 23.7. The second kappa shape index (κ2) is 13.3. The first-order chi connectivity index (χ1) is 20.4. The van der Waals surface area contributed by atoms with Crippen LogP contribution in [-0.2, 0) is 35.2 Å². The van der Waals surface area contributed by atoms with Crippen molar-refractivity contribution in [2.45, 2.75) is 37.5 Å². The molecule has 2 aliphatic rings. The van der Waals surface area contributed by atoms with Crippen LogP contribution in [0.5, 0.6) is 0 Å². The molecule has 42 heavy (non-hydrogen) atoms. The van der Waals surface area contributed by atoms with Gasteiger partial charge in [0.1, 0.15) is 19.3 Å². The number of aliphatic carboxylic acids is 1. The van der Waals surface area contributed by atoms with Gasteiger partial charge in [-0.3, -0.25) is 14.4 Å². The summed E-state index contributed by atoms with van der Waals surface area (Å²) >= 11 is 0. The predicted molar refractivity (Wildman–Crippen MR) is 151 cm³/mol. The Balaban J connectivity index is 1.20. The Morgan fingerprint density at radius 3 is 2.17 bits per heavy atom. The van der Waals surface area contributed by atoms with Gasteiger partial charge in [0, 0.05) is 12.5 Å². The SMILES string of the molecule is O=C(C[C@H](NC(=O)OCC1c2ccccc2-c2ccccc21)C(=O)NC[C@@H]1C[C@H](C(=O)O)CO1)OCc1ccccc1. The zero-order valence-electron chi connectivity index (χ0n) is 22.9. The fraction of sp³-hybridized carbons (Fsp3) is 0.312. The molecule has 1 fully saturated rings. The molecule has 0 unspecified atom stereocenters. The van der Waals surface area contributed by atoms with Gasteiger partial charge in [-0.15, -0.1) is 0 Å². The van der Waals surface area contributed by atoms with Gasteiger partial charge in [-0.2, -0.15) is 0 Å². The molecule has 3 atom stereocenters. The number of rotatable bonds is 11. The summed E-state index contributed by atoms with van der Waals surface area (Å²) in [7, 11) is 0. The van der Waals surface area contributed by atoms with E-state index in [2.05, 4.69) is 10.6 Å². The van der Waals surface area contributed by atoms with Gasteiger partial charge in [0.05, 0.1) is 25.0 Å². The molecule has 3 aromatic carbocycles. The molecule has 1 aliphatic carbocycles. The maximum atomic E-state index is 13.1. The lowest BCUT2D eigenvalue weighted by Gasteiger charge is -2.20. The van der Waals surface area contributed by atoms with Crippen LogP contribution < -0.4 is 10.6 Å². The molecule has 1 aliphatic heterocycles. The first-order valence-electron chi connectivity index (χ1n) is 13.8. The number of ether oxygens (including phenoxy) is 3. The minimum Gasteiger partial charge on any atom is -0.481 e. The van der Waals surface area contributed by atoms with Gasteiger partial charge in [0.2, 0.25) is 5.91 Å². The lowest BCUT2D eigenvalue weighted by Crippen LogP contribution is -2.49. The number of benzene rings is 3. The van der Waals surface area contributed by atoms with Crippen molar-refractivity contribution in [1.82, 2.24) is 10.6 Å². The third-order valence-electron chi connectivity index (χ3n) is 7.50. The number of hydrogen-bond donors (Lipinski definition) is 3. The Morgan fingerprint density at radius 2 is 1.52 bits per heavy atom. The smallest absolute Gasteiger partial charge is 0.407 e. The standard InChI is InChI=1S/C32H32N2O8/c35-29(41-17-20-8-2-1-3-9-20)15-28(30(36)33-16-22-14-21(18-40-22)31(37)38)34-32(39)42-19-27-25-12-6-4-10-23(25)24-11-5-7-13-26(24)27/h1-13,21-22,27-28H,14-19H2,(H,33,36)(H,34,39)(H,37,38)/t21-,22-,28-/m0/s1. The average Bonchev–Trinajstić information content (AvgIpc) is 3.61. The number of carboxylic acid groups (broad SMARTS) is 1. The summed E-state index contributed by atoms with van der Waals surface area (Å²) in [5.74, 6) is -3.09. The number of alkyl carbamates (subject to hydrolysis) is 1. The van der Waals surface area contributed by atoms with Crippen molar-refractivity contribution in [2.75, 3.05) is 19.8 Å². The molecule has 0 radical (unpaired) electrons. The molecule has 218 valence electrons. The van der Waals surface area contributed by atoms with Crippen LogP contribution in [0.2, 0.25) is 0 Å². The third-order valence-corrected chi connectivity index (χ3v) is 7.50. The molecule has 10 nitrogen and oxygen atoms in total. The van der Waals surface area contributed by atoms with Crippen molar-refractivity contribution in [3.05, 3.63) is 95.6 Å². The average molecular weight is 573 g/mol. The summed E-state index contributed by atoms with van der Waals surface area (Å²) in [5, 5.41) is 14.4. The summed E-state index contributed by atoms with van der Waals surface area (Å²) in [6.07, 6.45) is -1.52. The van der Waals surface area contributed by atoms with E-state index in [-0.39, 0.29) is 38.7 Å². The van der Waals surface area contributed by atoms with E-state index in [9.17, 15) is 24.3 Å². The first-order valence-corrected chi connectivity index (χ1v) is 13.8. The number of fused-ring (bicyclic) bond motifs is 3. The molecule has 0 spiro atoms. The van der Waals surface area contributed by atoms with Crippen molar-refractivity contribution >= 4 is 23.9 Å². The highest BCUT2D eigenvalue weighted by atomic mass is 16.6. The van der Waals surface area contributed by atoms with Gasteiger partial charge < -0.3 is 30.0 Å². The van der Waals surface area contributed by atoms with Crippen molar-refractivity contribution < 1.29 is 38.5 Å². The monoisotopic (exact) mass is 572 g/mol. The maximum Gasteiger partial charge on any atom is 0.407 e. The van der Waals surface area contributed by atoms with Gasteiger partial charge in [-0.1, -0.05) is 78.9 Å². The van der Waals surface area contributed by atoms with E-state index >= 15 is 0 Å². The van der Waals surface area contributed by atoms with Gasteiger partial charge in [-0.25, -0.2) is 4.79 Å². The molecule has 0 bridgehead atoms. The number of hydrogen-bond acceptors (Lipinski definition) is 7. The lowest BCUT2D eigenvalue weighted by molar-refractivity contribution is -0.147. The van der Waals surface area contributed by atoms with E-state index in [1.54, 1.807) is 12.1 Å². The molecular formula is C32H32N2O8. The number of esters is 1. The molecule has 0 saturated carbocycles. The summed E-state index contributed by atoms with van der Waals surface area (Å²) in [6.45, 7) is 0.151. The number of amides is 2. The molecule has 0 aromatic heterocycles. The zero-order valence-corrected chi connectivity index (χ0v) is 22.9.